The van der Waals surface area contributed by atoms with Crippen molar-refractivity contribution in [2.45, 2.75) is 25.7 Å². The van der Waals surface area contributed by atoms with Crippen molar-refractivity contribution in [3.63, 3.8) is 0 Å². The Kier molecular flexibility index (Phi) is 6.21. The summed E-state index contributed by atoms with van der Waals surface area (Å²) in [6.45, 7) is 0.0219. The van der Waals surface area contributed by atoms with Gasteiger partial charge in [-0.1, -0.05) is 18.2 Å². The molecular formula is C24H21N3O2S. The molecule has 1 aliphatic rings. The number of hydrogen-bond donors (Lipinski definition) is 1. The highest BCUT2D eigenvalue weighted by Crippen LogP contribution is 2.40. The number of hydrogen-bond acceptors (Lipinski definition) is 5. The van der Waals surface area contributed by atoms with Crippen molar-refractivity contribution in [1.82, 2.24) is 0 Å². The highest BCUT2D eigenvalue weighted by Gasteiger charge is 2.25. The maximum absolute atomic E-state index is 13.1. The van der Waals surface area contributed by atoms with Crippen molar-refractivity contribution < 1.29 is 9.53 Å². The van der Waals surface area contributed by atoms with E-state index in [1.165, 1.54) is 4.88 Å². The summed E-state index contributed by atoms with van der Waals surface area (Å²) in [5.41, 5.74) is 3.53. The van der Waals surface area contributed by atoms with Gasteiger partial charge in [0.25, 0.3) is 5.91 Å². The van der Waals surface area contributed by atoms with E-state index in [0.717, 1.165) is 47.5 Å². The van der Waals surface area contributed by atoms with Crippen LogP contribution in [0.4, 0.5) is 10.7 Å². The normalized spacial score (nSPS) is 12.9. The monoisotopic (exact) mass is 415 g/mol. The average molecular weight is 416 g/mol. The molecule has 1 heterocycles. The van der Waals surface area contributed by atoms with Crippen molar-refractivity contribution >= 4 is 34.1 Å². The first-order valence-corrected chi connectivity index (χ1v) is 10.7. The second-order valence-electron chi connectivity index (χ2n) is 6.99. The molecule has 0 spiro atoms. The third-order valence-corrected chi connectivity index (χ3v) is 6.13. The molecule has 30 heavy (non-hydrogen) atoms. The number of aliphatic imine (C=N–C) groups is 1. The van der Waals surface area contributed by atoms with E-state index in [1.54, 1.807) is 29.7 Å². The number of anilines is 1. The van der Waals surface area contributed by atoms with Crippen LogP contribution in [0, 0.1) is 11.3 Å². The highest BCUT2D eigenvalue weighted by atomic mass is 32.1. The molecule has 1 aromatic heterocycles. The van der Waals surface area contributed by atoms with Gasteiger partial charge in [-0.15, -0.1) is 11.3 Å². The Bertz CT molecular complexity index is 1100. The first kappa shape index (κ1) is 19.9. The number of amides is 1. The standard InChI is InChI=1S/C24H21N3O2S/c25-14-15-29-19-12-10-17(11-13-19)16-26-24-22(20-8-4-5-9-21(20)30-24)23(28)27-18-6-2-1-3-7-18/h1-3,6-7,10-13,16H,4-5,8-9,15H2,(H,27,28). The summed E-state index contributed by atoms with van der Waals surface area (Å²) in [5, 5.41) is 12.4. The van der Waals surface area contributed by atoms with Crippen LogP contribution in [0.2, 0.25) is 0 Å². The zero-order chi connectivity index (χ0) is 20.8. The summed E-state index contributed by atoms with van der Waals surface area (Å²) in [7, 11) is 0. The summed E-state index contributed by atoms with van der Waals surface area (Å²) in [6, 6.07) is 18.8. The molecule has 1 amide bonds. The number of aryl methyl sites for hydroxylation is 1. The van der Waals surface area contributed by atoms with Crippen LogP contribution in [0.5, 0.6) is 5.75 Å². The number of nitriles is 1. The van der Waals surface area contributed by atoms with Gasteiger partial charge in [-0.3, -0.25) is 4.79 Å². The number of fused-ring (bicyclic) bond motifs is 1. The van der Waals surface area contributed by atoms with Crippen molar-refractivity contribution in [3.8, 4) is 11.8 Å². The number of para-hydroxylation sites is 1. The largest absolute Gasteiger partial charge is 0.479 e. The van der Waals surface area contributed by atoms with Crippen molar-refractivity contribution in [3.05, 3.63) is 76.2 Å². The number of rotatable bonds is 6. The third kappa shape index (κ3) is 4.58. The van der Waals surface area contributed by atoms with E-state index in [9.17, 15) is 4.79 Å². The Labute approximate surface area is 179 Å². The third-order valence-electron chi connectivity index (χ3n) is 4.93. The molecule has 0 saturated carbocycles. The number of benzene rings is 2. The smallest absolute Gasteiger partial charge is 0.259 e. The molecule has 0 fully saturated rings. The fourth-order valence-corrected chi connectivity index (χ4v) is 4.72. The molecule has 6 heteroatoms. The average Bonchev–Trinajstić information content (AvgIpc) is 3.16. The predicted molar refractivity (Wildman–Crippen MR) is 120 cm³/mol. The quantitative estimate of drug-likeness (QED) is 0.538. The minimum atomic E-state index is -0.104. The minimum Gasteiger partial charge on any atom is -0.479 e. The van der Waals surface area contributed by atoms with E-state index >= 15 is 0 Å². The lowest BCUT2D eigenvalue weighted by atomic mass is 9.95. The molecule has 4 rings (SSSR count). The van der Waals surface area contributed by atoms with Crippen LogP contribution in [-0.2, 0) is 12.8 Å². The maximum Gasteiger partial charge on any atom is 0.259 e. The summed E-state index contributed by atoms with van der Waals surface area (Å²) < 4.78 is 5.28. The Morgan fingerprint density at radius 2 is 1.90 bits per heavy atom. The van der Waals surface area contributed by atoms with Gasteiger partial charge in [-0.25, -0.2) is 4.99 Å². The van der Waals surface area contributed by atoms with Gasteiger partial charge in [0.05, 0.1) is 5.56 Å². The molecule has 0 saturated heterocycles. The minimum absolute atomic E-state index is 0.0219. The zero-order valence-corrected chi connectivity index (χ0v) is 17.2. The van der Waals surface area contributed by atoms with Crippen molar-refractivity contribution in [2.24, 2.45) is 4.99 Å². The number of ether oxygens (including phenoxy) is 1. The Balaban J connectivity index is 1.59. The number of nitrogens with zero attached hydrogens (tertiary/aromatic N) is 2. The summed E-state index contributed by atoms with van der Waals surface area (Å²) in [5.74, 6) is 0.538. The van der Waals surface area contributed by atoms with Crippen LogP contribution in [-0.4, -0.2) is 18.7 Å². The number of carbonyl (C=O) groups is 1. The van der Waals surface area contributed by atoms with E-state index in [0.29, 0.717) is 11.3 Å². The summed E-state index contributed by atoms with van der Waals surface area (Å²) >= 11 is 1.61. The predicted octanol–water partition coefficient (Wildman–Crippen LogP) is 5.53. The Hall–Kier alpha value is -3.43. The molecule has 2 aromatic carbocycles. The summed E-state index contributed by atoms with van der Waals surface area (Å²) in [4.78, 5) is 19.0. The van der Waals surface area contributed by atoms with Gasteiger partial charge in [0, 0.05) is 16.8 Å². The van der Waals surface area contributed by atoms with Gasteiger partial charge in [0.1, 0.15) is 16.8 Å². The molecule has 5 nitrogen and oxygen atoms in total. The molecule has 0 radical (unpaired) electrons. The van der Waals surface area contributed by atoms with E-state index in [-0.39, 0.29) is 12.5 Å². The highest BCUT2D eigenvalue weighted by molar-refractivity contribution is 7.16. The number of carbonyl (C=O) groups excluding carboxylic acids is 1. The number of nitrogens with one attached hydrogen (secondary N) is 1. The Morgan fingerprint density at radius 1 is 1.13 bits per heavy atom. The van der Waals surface area contributed by atoms with Gasteiger partial charge in [0.2, 0.25) is 0 Å². The summed E-state index contributed by atoms with van der Waals surface area (Å²) in [6.07, 6.45) is 5.95. The molecule has 0 aliphatic heterocycles. The molecule has 150 valence electrons. The van der Waals surface area contributed by atoms with Crippen molar-refractivity contribution in [1.29, 1.82) is 5.26 Å². The fraction of sp³-hybridized carbons (Fsp3) is 0.208. The van der Waals surface area contributed by atoms with Gasteiger partial charge in [-0.2, -0.15) is 5.26 Å². The molecule has 1 aliphatic carbocycles. The van der Waals surface area contributed by atoms with Crippen LogP contribution in [0.25, 0.3) is 0 Å². The van der Waals surface area contributed by atoms with E-state index in [2.05, 4.69) is 10.3 Å². The van der Waals surface area contributed by atoms with Crippen LogP contribution in [0.1, 0.15) is 39.2 Å². The van der Waals surface area contributed by atoms with Crippen molar-refractivity contribution in [2.75, 3.05) is 11.9 Å². The van der Waals surface area contributed by atoms with Crippen LogP contribution >= 0.6 is 11.3 Å². The molecule has 0 bridgehead atoms. The SMILES string of the molecule is N#CCOc1ccc(C=Nc2sc3c(c2C(=O)Nc2ccccc2)CCCC3)cc1. The fourth-order valence-electron chi connectivity index (χ4n) is 3.49. The second-order valence-corrected chi connectivity index (χ2v) is 8.07. The molecule has 1 N–H and O–H groups in total. The zero-order valence-electron chi connectivity index (χ0n) is 16.4. The van der Waals surface area contributed by atoms with Gasteiger partial charge in [0.15, 0.2) is 6.61 Å². The lowest BCUT2D eigenvalue weighted by Crippen LogP contribution is -2.14. The van der Waals surface area contributed by atoms with E-state index in [1.807, 2.05) is 48.5 Å². The molecule has 0 unspecified atom stereocenters. The van der Waals surface area contributed by atoms with Crippen LogP contribution < -0.4 is 10.1 Å². The van der Waals surface area contributed by atoms with Gasteiger partial charge in [-0.05, 0) is 73.2 Å². The molecule has 0 atom stereocenters. The molecule has 3 aromatic rings. The van der Waals surface area contributed by atoms with E-state index in [4.69, 9.17) is 10.00 Å². The molecular weight excluding hydrogens is 394 g/mol. The maximum atomic E-state index is 13.1. The van der Waals surface area contributed by atoms with Crippen LogP contribution in [0.3, 0.4) is 0 Å². The van der Waals surface area contributed by atoms with E-state index < -0.39 is 0 Å². The lowest BCUT2D eigenvalue weighted by molar-refractivity contribution is 0.102. The topological polar surface area (TPSA) is 74.5 Å². The second kappa shape index (κ2) is 9.38. The number of thiophene rings is 1. The van der Waals surface area contributed by atoms with Gasteiger partial charge >= 0.3 is 0 Å². The lowest BCUT2D eigenvalue weighted by Gasteiger charge is -2.12. The Morgan fingerprint density at radius 3 is 2.67 bits per heavy atom. The first-order valence-electron chi connectivity index (χ1n) is 9.89. The first-order chi connectivity index (χ1) is 14.7. The van der Waals surface area contributed by atoms with Gasteiger partial charge < -0.3 is 10.1 Å². The van der Waals surface area contributed by atoms with Crippen LogP contribution in [0.15, 0.2) is 59.6 Å².